The van der Waals surface area contributed by atoms with Gasteiger partial charge in [0.1, 0.15) is 0 Å². The Bertz CT molecular complexity index is 933. The third-order valence-electron chi connectivity index (χ3n) is 3.58. The van der Waals surface area contributed by atoms with Gasteiger partial charge in [-0.15, -0.1) is 5.10 Å². The van der Waals surface area contributed by atoms with Gasteiger partial charge in [0.2, 0.25) is 10.0 Å². The molecule has 1 aromatic carbocycles. The van der Waals surface area contributed by atoms with Crippen LogP contribution in [-0.2, 0) is 16.2 Å². The fourth-order valence-corrected chi connectivity index (χ4v) is 2.83. The Morgan fingerprint density at radius 3 is 2.56 bits per heavy atom. The van der Waals surface area contributed by atoms with Crippen molar-refractivity contribution in [3.8, 4) is 5.69 Å². The average Bonchev–Trinajstić information content (AvgIpc) is 3.22. The molecular formula is C14H13F3N4O3S. The van der Waals surface area contributed by atoms with E-state index >= 15 is 0 Å². The molecule has 1 aliphatic carbocycles. The van der Waals surface area contributed by atoms with E-state index in [4.69, 9.17) is 0 Å². The summed E-state index contributed by atoms with van der Waals surface area (Å²) in [7, 11) is -3.80. The molecule has 1 aliphatic rings. The van der Waals surface area contributed by atoms with Gasteiger partial charge in [0.25, 0.3) is 5.91 Å². The van der Waals surface area contributed by atoms with E-state index < -0.39 is 27.7 Å². The number of alkyl halides is 3. The van der Waals surface area contributed by atoms with Crippen LogP contribution in [0, 0.1) is 0 Å². The molecule has 1 fully saturated rings. The number of sulfonamides is 1. The molecule has 0 aliphatic heterocycles. The number of aromatic nitrogens is 3. The van der Waals surface area contributed by atoms with Crippen molar-refractivity contribution in [3.05, 3.63) is 41.2 Å². The second-order valence-corrected chi connectivity index (χ2v) is 7.51. The van der Waals surface area contributed by atoms with Gasteiger partial charge in [0.15, 0.2) is 5.69 Å². The number of halogens is 3. The van der Waals surface area contributed by atoms with Crippen LogP contribution in [0.4, 0.5) is 13.2 Å². The molecular weight excluding hydrogens is 361 g/mol. The fraction of sp³-hybridized carbons (Fsp3) is 0.357. The van der Waals surface area contributed by atoms with E-state index in [9.17, 15) is 26.4 Å². The molecule has 1 saturated carbocycles. The molecule has 7 nitrogen and oxygen atoms in total. The molecule has 0 radical (unpaired) electrons. The number of nitrogens with zero attached hydrogens (tertiary/aromatic N) is 3. The number of carbonyl (C=O) groups is 1. The first kappa shape index (κ1) is 17.4. The van der Waals surface area contributed by atoms with Crippen LogP contribution in [0.15, 0.2) is 24.3 Å². The van der Waals surface area contributed by atoms with Gasteiger partial charge in [-0.25, -0.2) is 17.8 Å². The lowest BCUT2D eigenvalue weighted by molar-refractivity contribution is -0.137. The van der Waals surface area contributed by atoms with Crippen molar-refractivity contribution in [3.63, 3.8) is 0 Å². The van der Waals surface area contributed by atoms with E-state index in [1.165, 1.54) is 12.1 Å². The second kappa shape index (κ2) is 5.83. The third-order valence-corrected chi connectivity index (χ3v) is 4.14. The second-order valence-electron chi connectivity index (χ2n) is 5.76. The third kappa shape index (κ3) is 3.81. The van der Waals surface area contributed by atoms with E-state index in [2.05, 4.69) is 10.3 Å². The Balaban J connectivity index is 2.05. The first-order chi connectivity index (χ1) is 11.6. The summed E-state index contributed by atoms with van der Waals surface area (Å²) >= 11 is 0. The topological polar surface area (TPSA) is 93.9 Å². The molecule has 134 valence electrons. The molecule has 0 atom stereocenters. The molecule has 1 heterocycles. The van der Waals surface area contributed by atoms with Crippen molar-refractivity contribution in [2.24, 2.45) is 0 Å². The van der Waals surface area contributed by atoms with Gasteiger partial charge in [0, 0.05) is 5.92 Å². The first-order valence-corrected chi connectivity index (χ1v) is 9.11. The van der Waals surface area contributed by atoms with Crippen LogP contribution in [0.25, 0.3) is 5.69 Å². The summed E-state index contributed by atoms with van der Waals surface area (Å²) in [6.45, 7) is 0. The Labute approximate surface area is 140 Å². The van der Waals surface area contributed by atoms with Crippen molar-refractivity contribution >= 4 is 15.9 Å². The lowest BCUT2D eigenvalue weighted by atomic mass is 10.1. The van der Waals surface area contributed by atoms with E-state index in [0.717, 1.165) is 23.1 Å². The molecule has 0 saturated heterocycles. The summed E-state index contributed by atoms with van der Waals surface area (Å²) in [6.07, 6.45) is -2.28. The minimum absolute atomic E-state index is 0.0997. The van der Waals surface area contributed by atoms with Crippen molar-refractivity contribution in [1.29, 1.82) is 0 Å². The van der Waals surface area contributed by atoms with E-state index in [1.54, 1.807) is 4.72 Å². The summed E-state index contributed by atoms with van der Waals surface area (Å²) in [5.74, 6) is -1.06. The Morgan fingerprint density at radius 1 is 1.32 bits per heavy atom. The van der Waals surface area contributed by atoms with E-state index in [1.807, 2.05) is 0 Å². The highest BCUT2D eigenvalue weighted by atomic mass is 32.2. The summed E-state index contributed by atoms with van der Waals surface area (Å²) in [5.41, 5.74) is -0.655. The van der Waals surface area contributed by atoms with Crippen molar-refractivity contribution in [2.45, 2.75) is 24.9 Å². The largest absolute Gasteiger partial charge is 0.416 e. The normalized spacial score (nSPS) is 15.2. The SMILES string of the molecule is CS(=O)(=O)NC(=O)c1nnn(-c2cccc(C(F)(F)F)c2)c1C1CC1. The smallest absolute Gasteiger partial charge is 0.266 e. The average molecular weight is 374 g/mol. The number of hydrogen-bond donors (Lipinski definition) is 1. The summed E-state index contributed by atoms with van der Waals surface area (Å²) in [6, 6.07) is 4.47. The maximum atomic E-state index is 12.9. The molecule has 0 unspecified atom stereocenters. The molecule has 1 aromatic heterocycles. The zero-order valence-electron chi connectivity index (χ0n) is 12.9. The summed E-state index contributed by atoms with van der Waals surface area (Å²) in [5, 5.41) is 7.45. The molecule has 11 heteroatoms. The first-order valence-electron chi connectivity index (χ1n) is 7.21. The fourth-order valence-electron chi connectivity index (χ4n) is 2.40. The van der Waals surface area contributed by atoms with Crippen LogP contribution < -0.4 is 4.72 Å². The highest BCUT2D eigenvalue weighted by Gasteiger charge is 2.36. The highest BCUT2D eigenvalue weighted by Crippen LogP contribution is 2.42. The van der Waals surface area contributed by atoms with Crippen LogP contribution in [0.2, 0.25) is 0 Å². The predicted molar refractivity (Wildman–Crippen MR) is 80.6 cm³/mol. The Kier molecular flexibility index (Phi) is 4.06. The Morgan fingerprint density at radius 2 is 2.00 bits per heavy atom. The van der Waals surface area contributed by atoms with Crippen LogP contribution in [-0.4, -0.2) is 35.6 Å². The number of nitrogens with one attached hydrogen (secondary N) is 1. The van der Waals surface area contributed by atoms with Gasteiger partial charge in [-0.2, -0.15) is 13.2 Å². The molecule has 1 N–H and O–H groups in total. The van der Waals surface area contributed by atoms with Crippen LogP contribution in [0.3, 0.4) is 0 Å². The predicted octanol–water partition coefficient (Wildman–Crippen LogP) is 1.85. The van der Waals surface area contributed by atoms with E-state index in [0.29, 0.717) is 18.5 Å². The minimum Gasteiger partial charge on any atom is -0.266 e. The zero-order valence-corrected chi connectivity index (χ0v) is 13.7. The van der Waals surface area contributed by atoms with E-state index in [-0.39, 0.29) is 17.3 Å². The van der Waals surface area contributed by atoms with Gasteiger partial charge in [0.05, 0.1) is 23.2 Å². The monoisotopic (exact) mass is 374 g/mol. The van der Waals surface area contributed by atoms with Crippen LogP contribution >= 0.6 is 0 Å². The van der Waals surface area contributed by atoms with Crippen molar-refractivity contribution in [2.75, 3.05) is 6.26 Å². The van der Waals surface area contributed by atoms with Gasteiger partial charge in [-0.1, -0.05) is 11.3 Å². The number of rotatable bonds is 4. The number of benzene rings is 1. The van der Waals surface area contributed by atoms with Crippen molar-refractivity contribution in [1.82, 2.24) is 19.7 Å². The molecule has 25 heavy (non-hydrogen) atoms. The van der Waals surface area contributed by atoms with Gasteiger partial charge in [-0.05, 0) is 31.0 Å². The molecule has 1 amide bonds. The highest BCUT2D eigenvalue weighted by molar-refractivity contribution is 7.89. The standard InChI is InChI=1S/C14H13F3N4O3S/c1-25(23,24)19-13(22)11-12(8-5-6-8)21(20-18-11)10-4-2-3-9(7-10)14(15,16)17/h2-4,7-8H,5-6H2,1H3,(H,19,22). The zero-order chi connectivity index (χ0) is 18.4. The number of carbonyl (C=O) groups excluding carboxylic acids is 1. The van der Waals surface area contributed by atoms with Gasteiger partial charge < -0.3 is 0 Å². The van der Waals surface area contributed by atoms with Gasteiger partial charge in [-0.3, -0.25) is 4.79 Å². The molecule has 0 bridgehead atoms. The summed E-state index contributed by atoms with van der Waals surface area (Å²) in [4.78, 5) is 12.1. The van der Waals surface area contributed by atoms with Gasteiger partial charge >= 0.3 is 6.18 Å². The summed E-state index contributed by atoms with van der Waals surface area (Å²) < 4.78 is 64.1. The van der Waals surface area contributed by atoms with Crippen LogP contribution in [0.1, 0.15) is 40.5 Å². The minimum atomic E-state index is -4.52. The lowest BCUT2D eigenvalue weighted by Gasteiger charge is -2.10. The number of amides is 1. The molecule has 2 aromatic rings. The Hall–Kier alpha value is -2.43. The molecule has 3 rings (SSSR count). The van der Waals surface area contributed by atoms with Crippen molar-refractivity contribution < 1.29 is 26.4 Å². The quantitative estimate of drug-likeness (QED) is 0.882. The number of hydrogen-bond acceptors (Lipinski definition) is 5. The molecule has 0 spiro atoms. The van der Waals surface area contributed by atoms with Crippen LogP contribution in [0.5, 0.6) is 0 Å². The maximum absolute atomic E-state index is 12.9. The maximum Gasteiger partial charge on any atom is 0.416 e. The lowest BCUT2D eigenvalue weighted by Crippen LogP contribution is -2.30.